The fourth-order valence-corrected chi connectivity index (χ4v) is 3.47. The average molecular weight is 367 g/mol. The zero-order valence-electron chi connectivity index (χ0n) is 16.5. The highest BCUT2D eigenvalue weighted by atomic mass is 16.5. The summed E-state index contributed by atoms with van der Waals surface area (Å²) in [5.41, 5.74) is 4.30. The predicted molar refractivity (Wildman–Crippen MR) is 100 cm³/mol. The number of amides is 2. The van der Waals surface area contributed by atoms with E-state index in [2.05, 4.69) is 16.3 Å². The lowest BCUT2D eigenvalue weighted by molar-refractivity contribution is -0.123. The summed E-state index contributed by atoms with van der Waals surface area (Å²) in [6.07, 6.45) is 4.38. The molecule has 3 N–H and O–H groups in total. The van der Waals surface area contributed by atoms with Crippen LogP contribution in [-0.4, -0.2) is 55.6 Å². The maximum Gasteiger partial charge on any atom is 0.221 e. The summed E-state index contributed by atoms with van der Waals surface area (Å²) in [7, 11) is 1.70. The van der Waals surface area contributed by atoms with Crippen LogP contribution < -0.4 is 11.1 Å². The molecule has 0 bridgehead atoms. The summed E-state index contributed by atoms with van der Waals surface area (Å²) in [5, 5.41) is 12.5. The number of hydrogen-bond acceptors (Lipinski definition) is 5. The molecule has 0 aliphatic carbocycles. The van der Waals surface area contributed by atoms with E-state index < -0.39 is 5.54 Å². The van der Waals surface area contributed by atoms with Crippen LogP contribution in [0, 0.1) is 16.7 Å². The number of nitrogens with one attached hydrogen (secondary N) is 1. The largest absolute Gasteiger partial charge is 0.385 e. The number of methoxy groups -OCH3 is 1. The van der Waals surface area contributed by atoms with Crippen molar-refractivity contribution in [1.82, 2.24) is 10.2 Å². The van der Waals surface area contributed by atoms with Gasteiger partial charge in [0, 0.05) is 46.2 Å². The lowest BCUT2D eigenvalue weighted by atomic mass is 9.83. The van der Waals surface area contributed by atoms with Crippen LogP contribution in [0.1, 0.15) is 58.8 Å². The van der Waals surface area contributed by atoms with Crippen molar-refractivity contribution in [2.24, 2.45) is 11.1 Å². The van der Waals surface area contributed by atoms with Gasteiger partial charge >= 0.3 is 0 Å². The first-order valence-electron chi connectivity index (χ1n) is 9.44. The first kappa shape index (κ1) is 22.4. The van der Waals surface area contributed by atoms with Gasteiger partial charge in [0.05, 0.1) is 6.07 Å². The molecule has 0 radical (unpaired) electrons. The molecule has 1 aliphatic heterocycles. The van der Waals surface area contributed by atoms with Gasteiger partial charge in [-0.05, 0) is 37.5 Å². The SMILES string of the molecule is COCCCN1CCC(C#N)(NC(=O)CCCC(C)(C)CC(N)=O)CC1. The predicted octanol–water partition coefficient (Wildman–Crippen LogP) is 1.57. The van der Waals surface area contributed by atoms with Gasteiger partial charge in [0.2, 0.25) is 11.8 Å². The van der Waals surface area contributed by atoms with Crippen molar-refractivity contribution in [3.63, 3.8) is 0 Å². The molecule has 0 saturated carbocycles. The number of nitriles is 1. The Kier molecular flexibility index (Phi) is 9.03. The van der Waals surface area contributed by atoms with Crippen LogP contribution in [0.2, 0.25) is 0 Å². The number of carbonyl (C=O) groups is 2. The van der Waals surface area contributed by atoms with Gasteiger partial charge in [0.25, 0.3) is 0 Å². The molecule has 0 unspecified atom stereocenters. The molecule has 1 saturated heterocycles. The van der Waals surface area contributed by atoms with Gasteiger partial charge in [0.15, 0.2) is 0 Å². The van der Waals surface area contributed by atoms with Crippen molar-refractivity contribution < 1.29 is 14.3 Å². The average Bonchev–Trinajstić information content (AvgIpc) is 2.55. The van der Waals surface area contributed by atoms with E-state index in [0.29, 0.717) is 32.1 Å². The number of rotatable bonds is 11. The number of ether oxygens (including phenoxy) is 1. The lowest BCUT2D eigenvalue weighted by Crippen LogP contribution is -2.54. The highest BCUT2D eigenvalue weighted by Crippen LogP contribution is 2.27. The smallest absolute Gasteiger partial charge is 0.221 e. The monoisotopic (exact) mass is 366 g/mol. The van der Waals surface area contributed by atoms with Gasteiger partial charge in [-0.2, -0.15) is 5.26 Å². The second-order valence-electron chi connectivity index (χ2n) is 8.09. The lowest BCUT2D eigenvalue weighted by Gasteiger charge is -2.37. The number of nitrogens with two attached hydrogens (primary N) is 1. The molecule has 0 aromatic rings. The van der Waals surface area contributed by atoms with E-state index in [1.54, 1.807) is 7.11 Å². The molecule has 0 aromatic heterocycles. The molecule has 0 spiro atoms. The first-order valence-corrected chi connectivity index (χ1v) is 9.44. The molecule has 7 nitrogen and oxygen atoms in total. The van der Waals surface area contributed by atoms with Crippen molar-refractivity contribution >= 4 is 11.8 Å². The quantitative estimate of drug-likeness (QED) is 0.540. The molecular weight excluding hydrogens is 332 g/mol. The normalized spacial score (nSPS) is 17.5. The highest BCUT2D eigenvalue weighted by Gasteiger charge is 2.35. The van der Waals surface area contributed by atoms with E-state index in [4.69, 9.17) is 10.5 Å². The van der Waals surface area contributed by atoms with Crippen LogP contribution in [0.5, 0.6) is 0 Å². The van der Waals surface area contributed by atoms with Crippen LogP contribution in [0.4, 0.5) is 0 Å². The summed E-state index contributed by atoms with van der Waals surface area (Å²) >= 11 is 0. The molecule has 1 aliphatic rings. The summed E-state index contributed by atoms with van der Waals surface area (Å²) in [4.78, 5) is 25.7. The number of primary amides is 1. The summed E-state index contributed by atoms with van der Waals surface area (Å²) in [5.74, 6) is -0.408. The Morgan fingerprint density at radius 1 is 1.31 bits per heavy atom. The minimum Gasteiger partial charge on any atom is -0.385 e. The minimum absolute atomic E-state index is 0.0887. The molecule has 7 heteroatoms. The fourth-order valence-electron chi connectivity index (χ4n) is 3.47. The molecule has 26 heavy (non-hydrogen) atoms. The van der Waals surface area contributed by atoms with Gasteiger partial charge < -0.3 is 20.7 Å². The molecule has 0 aromatic carbocycles. The Labute approximate surface area is 157 Å². The third-order valence-electron chi connectivity index (χ3n) is 5.04. The standard InChI is InChI=1S/C19H34N4O3/c1-18(2,14-16(21)24)7-4-6-17(25)22-19(15-20)8-11-23(12-9-19)10-5-13-26-3/h4-14H2,1-3H3,(H2,21,24)(H,22,25). The summed E-state index contributed by atoms with van der Waals surface area (Å²) in [6, 6.07) is 2.32. The number of likely N-dealkylation sites (tertiary alicyclic amines) is 1. The Balaban J connectivity index is 2.38. The van der Waals surface area contributed by atoms with Crippen LogP contribution >= 0.6 is 0 Å². The molecule has 1 fully saturated rings. The van der Waals surface area contributed by atoms with Gasteiger partial charge in [-0.1, -0.05) is 13.8 Å². The number of nitrogens with zero attached hydrogens (tertiary/aromatic N) is 2. The van der Waals surface area contributed by atoms with Crippen molar-refractivity contribution in [3.8, 4) is 6.07 Å². The Bertz CT molecular complexity index is 505. The third kappa shape index (κ3) is 8.15. The van der Waals surface area contributed by atoms with E-state index in [1.165, 1.54) is 0 Å². The third-order valence-corrected chi connectivity index (χ3v) is 5.04. The zero-order valence-corrected chi connectivity index (χ0v) is 16.5. The van der Waals surface area contributed by atoms with Crippen LogP contribution in [0.3, 0.4) is 0 Å². The number of piperidine rings is 1. The minimum atomic E-state index is -0.752. The van der Waals surface area contributed by atoms with Gasteiger partial charge in [-0.25, -0.2) is 0 Å². The highest BCUT2D eigenvalue weighted by molar-refractivity contribution is 5.77. The Morgan fingerprint density at radius 3 is 2.50 bits per heavy atom. The summed E-state index contributed by atoms with van der Waals surface area (Å²) in [6.45, 7) is 7.27. The molecule has 2 amide bonds. The van der Waals surface area contributed by atoms with Crippen molar-refractivity contribution in [1.29, 1.82) is 5.26 Å². The topological polar surface area (TPSA) is 108 Å². The Hall–Kier alpha value is -1.65. The van der Waals surface area contributed by atoms with Crippen LogP contribution in [-0.2, 0) is 14.3 Å². The number of carbonyl (C=O) groups excluding carboxylic acids is 2. The second-order valence-corrected chi connectivity index (χ2v) is 8.09. The fraction of sp³-hybridized carbons (Fsp3) is 0.842. The molecule has 148 valence electrons. The van der Waals surface area contributed by atoms with Gasteiger partial charge in [-0.3, -0.25) is 9.59 Å². The van der Waals surface area contributed by atoms with Gasteiger partial charge in [0.1, 0.15) is 5.54 Å². The second kappa shape index (κ2) is 10.5. The van der Waals surface area contributed by atoms with E-state index >= 15 is 0 Å². The number of hydrogen-bond donors (Lipinski definition) is 2. The maximum absolute atomic E-state index is 12.3. The van der Waals surface area contributed by atoms with E-state index in [1.807, 2.05) is 13.8 Å². The van der Waals surface area contributed by atoms with Crippen LogP contribution in [0.25, 0.3) is 0 Å². The molecule has 0 atom stereocenters. The van der Waals surface area contributed by atoms with Crippen LogP contribution in [0.15, 0.2) is 0 Å². The Morgan fingerprint density at radius 2 is 1.96 bits per heavy atom. The molecule has 1 heterocycles. The van der Waals surface area contributed by atoms with E-state index in [-0.39, 0.29) is 17.2 Å². The van der Waals surface area contributed by atoms with E-state index in [9.17, 15) is 14.9 Å². The van der Waals surface area contributed by atoms with Crippen molar-refractivity contribution in [3.05, 3.63) is 0 Å². The zero-order chi connectivity index (χ0) is 19.6. The molecule has 1 rings (SSSR count). The first-order chi connectivity index (χ1) is 12.2. The van der Waals surface area contributed by atoms with Crippen molar-refractivity contribution in [2.75, 3.05) is 33.4 Å². The maximum atomic E-state index is 12.3. The molecular formula is C19H34N4O3. The summed E-state index contributed by atoms with van der Waals surface area (Å²) < 4.78 is 5.07. The van der Waals surface area contributed by atoms with Crippen molar-refractivity contribution in [2.45, 2.75) is 64.3 Å². The van der Waals surface area contributed by atoms with Gasteiger partial charge in [-0.15, -0.1) is 0 Å². The van der Waals surface area contributed by atoms with E-state index in [0.717, 1.165) is 39.1 Å².